The van der Waals surface area contributed by atoms with Gasteiger partial charge in [-0.2, -0.15) is 5.10 Å². The van der Waals surface area contributed by atoms with E-state index in [1.54, 1.807) is 6.20 Å². The monoisotopic (exact) mass is 252 g/mol. The van der Waals surface area contributed by atoms with Gasteiger partial charge in [-0.1, -0.05) is 25.4 Å². The Morgan fingerprint density at radius 2 is 2.18 bits per heavy atom. The molecule has 0 aliphatic carbocycles. The number of rotatable bonds is 5. The Bertz CT molecular complexity index is 507. The Kier molecular flexibility index (Phi) is 4.02. The first-order valence-corrected chi connectivity index (χ1v) is 6.35. The molecule has 4 heteroatoms. The molecule has 0 saturated heterocycles. The molecule has 1 heterocycles. The van der Waals surface area contributed by atoms with Crippen molar-refractivity contribution in [1.29, 1.82) is 0 Å². The summed E-state index contributed by atoms with van der Waals surface area (Å²) in [6, 6.07) is 4.13. The maximum atomic E-state index is 6.22. The van der Waals surface area contributed by atoms with Crippen LogP contribution < -0.4 is 0 Å². The number of hydrogen-bond donors (Lipinski definition) is 0. The van der Waals surface area contributed by atoms with Gasteiger partial charge in [-0.3, -0.25) is 0 Å². The molecule has 0 fully saturated rings. The molecule has 0 N–H and O–H groups in total. The molecule has 0 amide bonds. The second-order valence-electron chi connectivity index (χ2n) is 4.05. The van der Waals surface area contributed by atoms with Crippen LogP contribution >= 0.6 is 11.6 Å². The zero-order valence-corrected chi connectivity index (χ0v) is 11.0. The van der Waals surface area contributed by atoms with Crippen molar-refractivity contribution in [2.24, 2.45) is 0 Å². The van der Waals surface area contributed by atoms with E-state index in [0.29, 0.717) is 6.73 Å². The van der Waals surface area contributed by atoms with Gasteiger partial charge >= 0.3 is 0 Å². The molecule has 17 heavy (non-hydrogen) atoms. The SMILES string of the molecule is CCCOCn1ncc2c(Cl)cc(CC)cc21. The molecule has 0 spiro atoms. The fraction of sp³-hybridized carbons (Fsp3) is 0.462. The van der Waals surface area contributed by atoms with Gasteiger partial charge in [-0.15, -0.1) is 0 Å². The van der Waals surface area contributed by atoms with Crippen LogP contribution in [0.15, 0.2) is 18.3 Å². The van der Waals surface area contributed by atoms with Crippen molar-refractivity contribution >= 4 is 22.5 Å². The molecule has 0 atom stereocenters. The number of halogens is 1. The Balaban J connectivity index is 2.33. The molecule has 0 aliphatic heterocycles. The molecule has 1 aromatic heterocycles. The minimum Gasteiger partial charge on any atom is -0.359 e. The Hall–Kier alpha value is -1.06. The average Bonchev–Trinajstić information content (AvgIpc) is 2.73. The highest BCUT2D eigenvalue weighted by atomic mass is 35.5. The number of benzene rings is 1. The predicted molar refractivity (Wildman–Crippen MR) is 70.4 cm³/mol. The van der Waals surface area contributed by atoms with E-state index in [2.05, 4.69) is 25.0 Å². The first-order chi connectivity index (χ1) is 8.26. The van der Waals surface area contributed by atoms with Crippen molar-refractivity contribution in [3.05, 3.63) is 28.9 Å². The van der Waals surface area contributed by atoms with Gasteiger partial charge in [-0.05, 0) is 30.5 Å². The zero-order chi connectivity index (χ0) is 12.3. The lowest BCUT2D eigenvalue weighted by atomic mass is 10.1. The highest BCUT2D eigenvalue weighted by Crippen LogP contribution is 2.25. The van der Waals surface area contributed by atoms with Crippen molar-refractivity contribution in [3.63, 3.8) is 0 Å². The quantitative estimate of drug-likeness (QED) is 0.760. The summed E-state index contributed by atoms with van der Waals surface area (Å²) in [6.07, 6.45) is 3.78. The van der Waals surface area contributed by atoms with Crippen LogP contribution in [0.2, 0.25) is 5.02 Å². The van der Waals surface area contributed by atoms with Gasteiger partial charge in [0.25, 0.3) is 0 Å². The van der Waals surface area contributed by atoms with Crippen LogP contribution in [0.3, 0.4) is 0 Å². The minimum absolute atomic E-state index is 0.487. The molecule has 3 nitrogen and oxygen atoms in total. The minimum atomic E-state index is 0.487. The number of nitrogens with zero attached hydrogens (tertiary/aromatic N) is 2. The van der Waals surface area contributed by atoms with Crippen molar-refractivity contribution in [2.75, 3.05) is 6.61 Å². The summed E-state index contributed by atoms with van der Waals surface area (Å²) in [4.78, 5) is 0. The van der Waals surface area contributed by atoms with E-state index in [0.717, 1.165) is 35.4 Å². The number of ether oxygens (including phenoxy) is 1. The molecular formula is C13H17ClN2O. The first kappa shape index (κ1) is 12.4. The van der Waals surface area contributed by atoms with E-state index in [-0.39, 0.29) is 0 Å². The van der Waals surface area contributed by atoms with Crippen molar-refractivity contribution in [3.8, 4) is 0 Å². The molecule has 2 aromatic rings. The van der Waals surface area contributed by atoms with Crippen molar-refractivity contribution < 1.29 is 4.74 Å². The molecule has 0 saturated carbocycles. The number of hydrogen-bond acceptors (Lipinski definition) is 2. The third-order valence-corrected chi connectivity index (χ3v) is 3.05. The second-order valence-corrected chi connectivity index (χ2v) is 4.45. The van der Waals surface area contributed by atoms with Gasteiger partial charge in [0.1, 0.15) is 6.73 Å². The highest BCUT2D eigenvalue weighted by molar-refractivity contribution is 6.35. The topological polar surface area (TPSA) is 27.1 Å². The predicted octanol–water partition coefficient (Wildman–Crippen LogP) is 3.64. The highest BCUT2D eigenvalue weighted by Gasteiger charge is 2.07. The first-order valence-electron chi connectivity index (χ1n) is 5.98. The van der Waals surface area contributed by atoms with E-state index in [9.17, 15) is 0 Å². The van der Waals surface area contributed by atoms with E-state index >= 15 is 0 Å². The molecule has 0 bridgehead atoms. The fourth-order valence-electron chi connectivity index (χ4n) is 1.79. The van der Waals surface area contributed by atoms with Crippen molar-refractivity contribution in [2.45, 2.75) is 33.4 Å². The third kappa shape index (κ3) is 2.61. The fourth-order valence-corrected chi connectivity index (χ4v) is 2.08. The van der Waals surface area contributed by atoms with Gasteiger partial charge in [0.2, 0.25) is 0 Å². The number of aromatic nitrogens is 2. The summed E-state index contributed by atoms with van der Waals surface area (Å²) in [5.74, 6) is 0. The summed E-state index contributed by atoms with van der Waals surface area (Å²) >= 11 is 6.22. The molecule has 0 aliphatic rings. The van der Waals surface area contributed by atoms with Crippen LogP contribution in [0.25, 0.3) is 10.9 Å². The van der Waals surface area contributed by atoms with Crippen LogP contribution in [0.4, 0.5) is 0 Å². The molecule has 0 radical (unpaired) electrons. The summed E-state index contributed by atoms with van der Waals surface area (Å²) in [6.45, 7) is 5.45. The van der Waals surface area contributed by atoms with E-state index in [4.69, 9.17) is 16.3 Å². The summed E-state index contributed by atoms with van der Waals surface area (Å²) in [5, 5.41) is 6.07. The summed E-state index contributed by atoms with van der Waals surface area (Å²) in [5.41, 5.74) is 2.27. The van der Waals surface area contributed by atoms with Crippen LogP contribution in [-0.2, 0) is 17.9 Å². The summed E-state index contributed by atoms with van der Waals surface area (Å²) in [7, 11) is 0. The second kappa shape index (κ2) is 5.52. The van der Waals surface area contributed by atoms with E-state index < -0.39 is 0 Å². The smallest absolute Gasteiger partial charge is 0.140 e. The molecular weight excluding hydrogens is 236 g/mol. The molecule has 0 unspecified atom stereocenters. The van der Waals surface area contributed by atoms with E-state index in [1.165, 1.54) is 5.56 Å². The van der Waals surface area contributed by atoms with E-state index in [1.807, 2.05) is 10.7 Å². The summed E-state index contributed by atoms with van der Waals surface area (Å²) < 4.78 is 7.36. The Labute approximate surface area is 106 Å². The number of fused-ring (bicyclic) bond motifs is 1. The van der Waals surface area contributed by atoms with Crippen LogP contribution in [0.1, 0.15) is 25.8 Å². The average molecular weight is 253 g/mol. The van der Waals surface area contributed by atoms with Crippen LogP contribution in [-0.4, -0.2) is 16.4 Å². The lowest BCUT2D eigenvalue weighted by Gasteiger charge is -2.06. The van der Waals surface area contributed by atoms with Crippen molar-refractivity contribution in [1.82, 2.24) is 9.78 Å². The van der Waals surface area contributed by atoms with Gasteiger partial charge < -0.3 is 4.74 Å². The normalized spacial score (nSPS) is 11.2. The lowest BCUT2D eigenvalue weighted by Crippen LogP contribution is -2.04. The zero-order valence-electron chi connectivity index (χ0n) is 10.2. The Morgan fingerprint density at radius 3 is 2.88 bits per heavy atom. The third-order valence-electron chi connectivity index (χ3n) is 2.74. The lowest BCUT2D eigenvalue weighted by molar-refractivity contribution is 0.0723. The van der Waals surface area contributed by atoms with Crippen LogP contribution in [0.5, 0.6) is 0 Å². The standard InChI is InChI=1S/C13H17ClN2O/c1-3-5-17-9-16-13-7-10(4-2)6-12(14)11(13)8-15-16/h6-8H,3-5,9H2,1-2H3. The molecule has 2 rings (SSSR count). The van der Waals surface area contributed by atoms with Crippen LogP contribution in [0, 0.1) is 0 Å². The van der Waals surface area contributed by atoms with Gasteiger partial charge in [0.05, 0.1) is 16.7 Å². The maximum absolute atomic E-state index is 6.22. The molecule has 1 aromatic carbocycles. The maximum Gasteiger partial charge on any atom is 0.140 e. The Morgan fingerprint density at radius 1 is 1.35 bits per heavy atom. The molecule has 92 valence electrons. The largest absolute Gasteiger partial charge is 0.359 e. The van der Waals surface area contributed by atoms with Gasteiger partial charge in [-0.25, -0.2) is 4.68 Å². The van der Waals surface area contributed by atoms with Gasteiger partial charge in [0.15, 0.2) is 0 Å². The van der Waals surface area contributed by atoms with Gasteiger partial charge in [0, 0.05) is 12.0 Å². The number of aryl methyl sites for hydroxylation is 1.